The maximum atomic E-state index is 13.0. The summed E-state index contributed by atoms with van der Waals surface area (Å²) in [5.74, 6) is 1.60. The Labute approximate surface area is 212 Å². The van der Waals surface area contributed by atoms with Gasteiger partial charge in [0.05, 0.1) is 14.2 Å². The molecular formula is C29H33N3O4. The summed E-state index contributed by atoms with van der Waals surface area (Å²) in [6.45, 7) is 5.36. The van der Waals surface area contributed by atoms with E-state index in [1.807, 2.05) is 59.5 Å². The molecular weight excluding hydrogens is 454 g/mol. The first kappa shape index (κ1) is 25.1. The van der Waals surface area contributed by atoms with Gasteiger partial charge in [0.15, 0.2) is 11.5 Å². The number of amides is 2. The molecule has 0 saturated carbocycles. The van der Waals surface area contributed by atoms with Crippen molar-refractivity contribution in [3.8, 4) is 11.5 Å². The smallest absolute Gasteiger partial charge is 0.256 e. The van der Waals surface area contributed by atoms with E-state index in [2.05, 4.69) is 24.5 Å². The van der Waals surface area contributed by atoms with Gasteiger partial charge in [-0.3, -0.25) is 9.59 Å². The van der Waals surface area contributed by atoms with E-state index in [-0.39, 0.29) is 18.0 Å². The van der Waals surface area contributed by atoms with Crippen molar-refractivity contribution >= 4 is 17.5 Å². The number of nitrogens with one attached hydrogen (secondary N) is 2. The van der Waals surface area contributed by atoms with Gasteiger partial charge in [0.25, 0.3) is 11.8 Å². The molecule has 7 nitrogen and oxygen atoms in total. The van der Waals surface area contributed by atoms with E-state index in [0.717, 1.165) is 22.4 Å². The Hall–Kier alpha value is -4.00. The van der Waals surface area contributed by atoms with Gasteiger partial charge in [0.1, 0.15) is 6.17 Å². The van der Waals surface area contributed by atoms with Crippen molar-refractivity contribution in [3.05, 3.63) is 89.0 Å². The number of methoxy groups -OCH3 is 2. The van der Waals surface area contributed by atoms with Crippen molar-refractivity contribution in [3.63, 3.8) is 0 Å². The monoisotopic (exact) mass is 487 g/mol. The minimum absolute atomic E-state index is 0.0438. The van der Waals surface area contributed by atoms with E-state index in [4.69, 9.17) is 9.47 Å². The number of anilines is 1. The van der Waals surface area contributed by atoms with Crippen LogP contribution in [0, 0.1) is 5.92 Å². The third kappa shape index (κ3) is 5.46. The number of benzene rings is 3. The van der Waals surface area contributed by atoms with Crippen LogP contribution in [0.3, 0.4) is 0 Å². The summed E-state index contributed by atoms with van der Waals surface area (Å²) in [4.78, 5) is 27.5. The number of fused-ring (bicyclic) bond motifs is 1. The van der Waals surface area contributed by atoms with Crippen molar-refractivity contribution < 1.29 is 19.1 Å². The van der Waals surface area contributed by atoms with Crippen LogP contribution in [0.25, 0.3) is 0 Å². The van der Waals surface area contributed by atoms with Gasteiger partial charge in [-0.1, -0.05) is 38.1 Å². The molecule has 3 aromatic carbocycles. The topological polar surface area (TPSA) is 79.9 Å². The van der Waals surface area contributed by atoms with Crippen LogP contribution in [-0.2, 0) is 6.42 Å². The first-order valence-corrected chi connectivity index (χ1v) is 12.2. The molecule has 0 aromatic heterocycles. The van der Waals surface area contributed by atoms with Gasteiger partial charge in [-0.15, -0.1) is 0 Å². The van der Waals surface area contributed by atoms with E-state index in [1.54, 1.807) is 26.4 Å². The molecule has 0 radical (unpaired) electrons. The fourth-order valence-electron chi connectivity index (χ4n) is 4.44. The molecule has 3 aromatic rings. The minimum atomic E-state index is -0.239. The van der Waals surface area contributed by atoms with Crippen LogP contribution in [0.2, 0.25) is 0 Å². The van der Waals surface area contributed by atoms with E-state index in [0.29, 0.717) is 42.5 Å². The summed E-state index contributed by atoms with van der Waals surface area (Å²) in [6.07, 6.45) is 0.435. The molecule has 2 N–H and O–H groups in total. The van der Waals surface area contributed by atoms with E-state index < -0.39 is 0 Å². The van der Waals surface area contributed by atoms with Gasteiger partial charge in [-0.05, 0) is 60.4 Å². The van der Waals surface area contributed by atoms with Crippen LogP contribution < -0.4 is 20.1 Å². The number of hydrogen-bond donors (Lipinski definition) is 2. The molecule has 1 heterocycles. The molecule has 0 bridgehead atoms. The number of carbonyl (C=O) groups excluding carboxylic acids is 2. The summed E-state index contributed by atoms with van der Waals surface area (Å²) in [7, 11) is 3.21. The van der Waals surface area contributed by atoms with Crippen LogP contribution in [0.1, 0.15) is 51.9 Å². The summed E-state index contributed by atoms with van der Waals surface area (Å²) in [5, 5.41) is 6.45. The van der Waals surface area contributed by atoms with Gasteiger partial charge in [0, 0.05) is 35.5 Å². The highest BCUT2D eigenvalue weighted by molar-refractivity contribution is 5.99. The largest absolute Gasteiger partial charge is 0.493 e. The fraction of sp³-hybridized carbons (Fsp3) is 0.310. The Balaban J connectivity index is 1.37. The highest BCUT2D eigenvalue weighted by Gasteiger charge is 2.36. The number of carbonyl (C=O) groups is 2. The number of ether oxygens (including phenoxy) is 2. The predicted octanol–water partition coefficient (Wildman–Crippen LogP) is 4.90. The lowest BCUT2D eigenvalue weighted by Crippen LogP contribution is -2.35. The average molecular weight is 488 g/mol. The molecule has 2 amide bonds. The van der Waals surface area contributed by atoms with Crippen LogP contribution in [0.5, 0.6) is 11.5 Å². The molecule has 1 aliphatic heterocycles. The second kappa shape index (κ2) is 11.2. The lowest BCUT2D eigenvalue weighted by Gasteiger charge is -2.28. The zero-order chi connectivity index (χ0) is 25.7. The highest BCUT2D eigenvalue weighted by atomic mass is 16.5. The Kier molecular flexibility index (Phi) is 7.78. The normalized spacial score (nSPS) is 14.5. The SMILES string of the molecule is COc1ccc(CCNC(=O)c2ccc(NC3c4ccccc4C(=O)N3CC(C)C)cc2)cc1OC. The summed E-state index contributed by atoms with van der Waals surface area (Å²) < 4.78 is 10.6. The van der Waals surface area contributed by atoms with Crippen molar-refractivity contribution in [2.24, 2.45) is 5.92 Å². The van der Waals surface area contributed by atoms with Crippen LogP contribution >= 0.6 is 0 Å². The lowest BCUT2D eigenvalue weighted by atomic mass is 10.1. The first-order chi connectivity index (χ1) is 17.4. The van der Waals surface area contributed by atoms with E-state index in [1.165, 1.54) is 0 Å². The van der Waals surface area contributed by atoms with Gasteiger partial charge in [-0.2, -0.15) is 0 Å². The molecule has 7 heteroatoms. The Morgan fingerprint density at radius 2 is 1.69 bits per heavy atom. The predicted molar refractivity (Wildman–Crippen MR) is 141 cm³/mol. The second-order valence-corrected chi connectivity index (χ2v) is 9.26. The number of nitrogens with zero attached hydrogens (tertiary/aromatic N) is 1. The Bertz CT molecular complexity index is 1220. The van der Waals surface area contributed by atoms with Crippen LogP contribution in [-0.4, -0.2) is 44.0 Å². The second-order valence-electron chi connectivity index (χ2n) is 9.26. The third-order valence-corrected chi connectivity index (χ3v) is 6.22. The molecule has 1 aliphatic rings. The van der Waals surface area contributed by atoms with Crippen LogP contribution in [0.15, 0.2) is 66.7 Å². The molecule has 0 spiro atoms. The zero-order valence-corrected chi connectivity index (χ0v) is 21.2. The lowest BCUT2D eigenvalue weighted by molar-refractivity contribution is 0.0720. The van der Waals surface area contributed by atoms with Crippen molar-refractivity contribution in [2.75, 3.05) is 32.6 Å². The summed E-state index contributed by atoms with van der Waals surface area (Å²) in [6, 6.07) is 20.8. The van der Waals surface area contributed by atoms with Gasteiger partial charge < -0.3 is 25.0 Å². The average Bonchev–Trinajstić information content (AvgIpc) is 3.14. The fourth-order valence-corrected chi connectivity index (χ4v) is 4.44. The van der Waals surface area contributed by atoms with E-state index >= 15 is 0 Å². The molecule has 1 unspecified atom stereocenters. The number of rotatable bonds is 10. The van der Waals surface area contributed by atoms with Crippen molar-refractivity contribution in [2.45, 2.75) is 26.4 Å². The third-order valence-electron chi connectivity index (χ3n) is 6.22. The summed E-state index contributed by atoms with van der Waals surface area (Å²) in [5.41, 5.74) is 4.18. The molecule has 36 heavy (non-hydrogen) atoms. The van der Waals surface area contributed by atoms with Crippen molar-refractivity contribution in [1.29, 1.82) is 0 Å². The molecule has 0 aliphatic carbocycles. The standard InChI is InChI=1S/C29H33N3O4/c1-19(2)18-32-27(23-7-5-6-8-24(23)29(32)34)31-22-12-10-21(11-13-22)28(33)30-16-15-20-9-14-25(35-3)26(17-20)36-4/h5-14,17,19,27,31H,15-16,18H2,1-4H3,(H,30,33). The van der Waals surface area contributed by atoms with Crippen molar-refractivity contribution in [1.82, 2.24) is 10.2 Å². The minimum Gasteiger partial charge on any atom is -0.493 e. The Morgan fingerprint density at radius 3 is 2.39 bits per heavy atom. The maximum absolute atomic E-state index is 13.0. The number of hydrogen-bond acceptors (Lipinski definition) is 5. The van der Waals surface area contributed by atoms with Gasteiger partial charge in [0.2, 0.25) is 0 Å². The van der Waals surface area contributed by atoms with Crippen LogP contribution in [0.4, 0.5) is 5.69 Å². The quantitative estimate of drug-likeness (QED) is 0.425. The maximum Gasteiger partial charge on any atom is 0.256 e. The molecule has 1 atom stereocenters. The molecule has 188 valence electrons. The molecule has 0 fully saturated rings. The molecule has 4 rings (SSSR count). The van der Waals surface area contributed by atoms with Gasteiger partial charge in [-0.25, -0.2) is 0 Å². The van der Waals surface area contributed by atoms with E-state index in [9.17, 15) is 9.59 Å². The first-order valence-electron chi connectivity index (χ1n) is 12.2. The van der Waals surface area contributed by atoms with Gasteiger partial charge >= 0.3 is 0 Å². The molecule has 0 saturated heterocycles. The zero-order valence-electron chi connectivity index (χ0n) is 21.2. The highest BCUT2D eigenvalue weighted by Crippen LogP contribution is 2.35. The Morgan fingerprint density at radius 1 is 0.972 bits per heavy atom. The summed E-state index contributed by atoms with van der Waals surface area (Å²) >= 11 is 0.